The van der Waals surface area contributed by atoms with Crippen molar-refractivity contribution in [1.29, 1.82) is 0 Å². The number of carbonyl (C=O) groups is 2. The second-order valence-electron chi connectivity index (χ2n) is 5.26. The minimum Gasteiger partial charge on any atom is -0.478 e. The molecule has 0 aliphatic rings. The highest BCUT2D eigenvalue weighted by atomic mass is 16.4. The molecule has 1 heterocycles. The van der Waals surface area contributed by atoms with Gasteiger partial charge in [0.25, 0.3) is 5.91 Å². The minimum absolute atomic E-state index is 0.121. The maximum absolute atomic E-state index is 11.5. The maximum Gasteiger partial charge on any atom is 0.339 e. The zero-order chi connectivity index (χ0) is 15.6. The Morgan fingerprint density at radius 2 is 2.10 bits per heavy atom. The number of benzene rings is 1. The first-order valence-electron chi connectivity index (χ1n) is 6.60. The first-order chi connectivity index (χ1) is 9.90. The number of rotatable bonds is 5. The molecule has 1 aromatic heterocycles. The molecule has 21 heavy (non-hydrogen) atoms. The van der Waals surface area contributed by atoms with Gasteiger partial charge in [0.05, 0.1) is 11.9 Å². The molecule has 0 saturated carbocycles. The Morgan fingerprint density at radius 3 is 2.67 bits per heavy atom. The summed E-state index contributed by atoms with van der Waals surface area (Å²) in [6, 6.07) is 7.47. The van der Waals surface area contributed by atoms with Crippen LogP contribution in [0.5, 0.6) is 0 Å². The molecule has 0 aliphatic carbocycles. The number of amides is 1. The zero-order valence-corrected chi connectivity index (χ0v) is 11.9. The number of hydrogen-bond donors (Lipinski definition) is 2. The van der Waals surface area contributed by atoms with Crippen LogP contribution in [-0.4, -0.2) is 26.8 Å². The van der Waals surface area contributed by atoms with Crippen LogP contribution in [-0.2, 0) is 6.42 Å². The van der Waals surface area contributed by atoms with Gasteiger partial charge in [-0.25, -0.2) is 9.48 Å². The van der Waals surface area contributed by atoms with Crippen molar-refractivity contribution < 1.29 is 14.7 Å². The van der Waals surface area contributed by atoms with Gasteiger partial charge in [0.1, 0.15) is 11.3 Å². The fraction of sp³-hybridized carbons (Fsp3) is 0.267. The van der Waals surface area contributed by atoms with E-state index < -0.39 is 11.9 Å². The van der Waals surface area contributed by atoms with Gasteiger partial charge < -0.3 is 10.8 Å². The Kier molecular flexibility index (Phi) is 4.07. The number of aromatic carboxylic acids is 1. The fourth-order valence-corrected chi connectivity index (χ4v) is 2.22. The number of carbonyl (C=O) groups excluding carboxylic acids is 1. The number of hydrogen-bond acceptors (Lipinski definition) is 3. The molecule has 0 spiro atoms. The monoisotopic (exact) mass is 287 g/mol. The van der Waals surface area contributed by atoms with E-state index in [1.54, 1.807) is 6.07 Å². The van der Waals surface area contributed by atoms with Crippen LogP contribution in [0.2, 0.25) is 0 Å². The number of carboxylic acids is 1. The predicted octanol–water partition coefficient (Wildman–Crippen LogP) is 1.87. The third-order valence-electron chi connectivity index (χ3n) is 3.03. The Hall–Kier alpha value is -2.63. The summed E-state index contributed by atoms with van der Waals surface area (Å²) < 4.78 is 1.27. The summed E-state index contributed by atoms with van der Waals surface area (Å²) in [6.07, 6.45) is 2.02. The van der Waals surface area contributed by atoms with Gasteiger partial charge in [-0.05, 0) is 30.0 Å². The molecule has 110 valence electrons. The van der Waals surface area contributed by atoms with Gasteiger partial charge in [-0.3, -0.25) is 4.79 Å². The summed E-state index contributed by atoms with van der Waals surface area (Å²) >= 11 is 0. The van der Waals surface area contributed by atoms with Crippen LogP contribution < -0.4 is 5.73 Å². The van der Waals surface area contributed by atoms with Crippen LogP contribution >= 0.6 is 0 Å². The molecule has 0 unspecified atom stereocenters. The molecule has 0 fully saturated rings. The van der Waals surface area contributed by atoms with E-state index in [0.717, 1.165) is 18.2 Å². The van der Waals surface area contributed by atoms with Crippen molar-refractivity contribution in [3.05, 3.63) is 47.3 Å². The summed E-state index contributed by atoms with van der Waals surface area (Å²) in [4.78, 5) is 22.7. The van der Waals surface area contributed by atoms with Crippen molar-refractivity contribution >= 4 is 11.9 Å². The van der Waals surface area contributed by atoms with Gasteiger partial charge in [0, 0.05) is 0 Å². The lowest BCUT2D eigenvalue weighted by Crippen LogP contribution is -2.20. The number of aromatic nitrogens is 2. The molecule has 0 saturated heterocycles. The molecule has 2 aromatic rings. The van der Waals surface area contributed by atoms with Gasteiger partial charge in [-0.2, -0.15) is 5.10 Å². The Morgan fingerprint density at radius 1 is 1.38 bits per heavy atom. The first-order valence-corrected chi connectivity index (χ1v) is 6.60. The zero-order valence-electron chi connectivity index (χ0n) is 11.9. The summed E-state index contributed by atoms with van der Waals surface area (Å²) in [5.41, 5.74) is 6.68. The lowest BCUT2D eigenvalue weighted by atomic mass is 10.0. The van der Waals surface area contributed by atoms with Crippen molar-refractivity contribution in [3.63, 3.8) is 0 Å². The number of carboxylic acid groups (broad SMARTS) is 1. The van der Waals surface area contributed by atoms with E-state index in [4.69, 9.17) is 10.8 Å². The summed E-state index contributed by atoms with van der Waals surface area (Å²) in [7, 11) is 0. The van der Waals surface area contributed by atoms with E-state index in [9.17, 15) is 9.59 Å². The SMILES string of the molecule is CC(C)Cc1cccc(-n2ncc(C(=O)O)c2C(N)=O)c1. The molecule has 0 radical (unpaired) electrons. The third kappa shape index (κ3) is 3.10. The van der Waals surface area contributed by atoms with Gasteiger partial charge >= 0.3 is 5.97 Å². The molecule has 1 aromatic carbocycles. The molecule has 3 N–H and O–H groups in total. The Balaban J connectivity index is 2.52. The standard InChI is InChI=1S/C15H17N3O3/c1-9(2)6-10-4-3-5-11(7-10)18-13(14(16)19)12(8-17-18)15(20)21/h3-5,7-9H,6H2,1-2H3,(H2,16,19)(H,20,21). The Labute approximate surface area is 122 Å². The van der Waals surface area contributed by atoms with E-state index in [1.807, 2.05) is 18.2 Å². The lowest BCUT2D eigenvalue weighted by molar-refractivity contribution is 0.0692. The molecule has 0 atom stereocenters. The highest BCUT2D eigenvalue weighted by molar-refractivity contribution is 6.03. The quantitative estimate of drug-likeness (QED) is 0.877. The van der Waals surface area contributed by atoms with Crippen LogP contribution in [0.15, 0.2) is 30.5 Å². The van der Waals surface area contributed by atoms with Crippen LogP contribution in [0.3, 0.4) is 0 Å². The minimum atomic E-state index is -1.23. The van der Waals surface area contributed by atoms with E-state index in [2.05, 4.69) is 18.9 Å². The molecule has 2 rings (SSSR count). The summed E-state index contributed by atoms with van der Waals surface area (Å²) in [5, 5.41) is 13.1. The lowest BCUT2D eigenvalue weighted by Gasteiger charge is -2.09. The van der Waals surface area contributed by atoms with Crippen molar-refractivity contribution in [2.75, 3.05) is 0 Å². The fourth-order valence-electron chi connectivity index (χ4n) is 2.22. The van der Waals surface area contributed by atoms with E-state index >= 15 is 0 Å². The maximum atomic E-state index is 11.5. The molecule has 6 heteroatoms. The van der Waals surface area contributed by atoms with Gasteiger partial charge in [0.2, 0.25) is 0 Å². The number of nitrogens with two attached hydrogens (primary N) is 1. The normalized spacial score (nSPS) is 10.8. The highest BCUT2D eigenvalue weighted by Gasteiger charge is 2.22. The smallest absolute Gasteiger partial charge is 0.339 e. The molecule has 0 aliphatic heterocycles. The van der Waals surface area contributed by atoms with Crippen LogP contribution in [0.4, 0.5) is 0 Å². The summed E-state index contributed by atoms with van der Waals surface area (Å²) in [5.74, 6) is -1.56. The van der Waals surface area contributed by atoms with Gasteiger partial charge in [-0.15, -0.1) is 0 Å². The second kappa shape index (κ2) is 5.78. The molecule has 6 nitrogen and oxygen atoms in total. The van der Waals surface area contributed by atoms with Gasteiger partial charge in [-0.1, -0.05) is 26.0 Å². The molecular weight excluding hydrogens is 270 g/mol. The van der Waals surface area contributed by atoms with E-state index in [1.165, 1.54) is 4.68 Å². The third-order valence-corrected chi connectivity index (χ3v) is 3.03. The average Bonchev–Trinajstić information content (AvgIpc) is 2.83. The molecule has 1 amide bonds. The second-order valence-corrected chi connectivity index (χ2v) is 5.26. The number of nitrogens with zero attached hydrogens (tertiary/aromatic N) is 2. The first kappa shape index (κ1) is 14.8. The van der Waals surface area contributed by atoms with Crippen molar-refractivity contribution in [2.24, 2.45) is 11.7 Å². The van der Waals surface area contributed by atoms with Crippen molar-refractivity contribution in [1.82, 2.24) is 9.78 Å². The molecule has 0 bridgehead atoms. The van der Waals surface area contributed by atoms with Crippen molar-refractivity contribution in [2.45, 2.75) is 20.3 Å². The topological polar surface area (TPSA) is 98.2 Å². The largest absolute Gasteiger partial charge is 0.478 e. The summed E-state index contributed by atoms with van der Waals surface area (Å²) in [6.45, 7) is 4.22. The Bertz CT molecular complexity index is 689. The van der Waals surface area contributed by atoms with E-state index in [0.29, 0.717) is 11.6 Å². The predicted molar refractivity (Wildman–Crippen MR) is 77.6 cm³/mol. The van der Waals surface area contributed by atoms with Gasteiger partial charge in [0.15, 0.2) is 0 Å². The van der Waals surface area contributed by atoms with Crippen LogP contribution in [0, 0.1) is 5.92 Å². The highest BCUT2D eigenvalue weighted by Crippen LogP contribution is 2.18. The molecular formula is C15H17N3O3. The van der Waals surface area contributed by atoms with Crippen molar-refractivity contribution in [3.8, 4) is 5.69 Å². The van der Waals surface area contributed by atoms with Crippen LogP contribution in [0.1, 0.15) is 40.3 Å². The number of primary amides is 1. The average molecular weight is 287 g/mol. The van der Waals surface area contributed by atoms with Crippen LogP contribution in [0.25, 0.3) is 5.69 Å². The van der Waals surface area contributed by atoms with E-state index in [-0.39, 0.29) is 11.3 Å².